The second kappa shape index (κ2) is 10.2. The van der Waals surface area contributed by atoms with Crippen molar-refractivity contribution < 1.29 is 4.79 Å². The first-order chi connectivity index (χ1) is 14.7. The number of nitrogens with zero attached hydrogens (tertiary/aromatic N) is 2. The topological polar surface area (TPSA) is 35.6 Å². The second-order valence-corrected chi connectivity index (χ2v) is 9.06. The van der Waals surface area contributed by atoms with Gasteiger partial charge in [-0.05, 0) is 75.5 Å². The highest BCUT2D eigenvalue weighted by molar-refractivity contribution is 5.78. The standard InChI is InChI=1S/C26H35N3O/c1-21-5-4-6-24(17-21)20-29-15-11-25(12-16-29)26(30)27-18-22-7-9-23(10-8-22)19-28-13-2-3-14-28/h4-10,17,25H,2-3,11-16,18-20H2,1H3,(H,27,30). The number of aryl methyl sites for hydroxylation is 1. The number of benzene rings is 2. The highest BCUT2D eigenvalue weighted by atomic mass is 16.1. The summed E-state index contributed by atoms with van der Waals surface area (Å²) in [6.07, 6.45) is 4.56. The Morgan fingerprint density at radius 1 is 0.867 bits per heavy atom. The zero-order valence-corrected chi connectivity index (χ0v) is 18.3. The van der Waals surface area contributed by atoms with Crippen molar-refractivity contribution in [2.45, 2.75) is 52.2 Å². The Labute approximate surface area is 181 Å². The summed E-state index contributed by atoms with van der Waals surface area (Å²) in [5.74, 6) is 0.361. The molecule has 2 fully saturated rings. The minimum atomic E-state index is 0.146. The Morgan fingerprint density at radius 2 is 1.50 bits per heavy atom. The van der Waals surface area contributed by atoms with E-state index in [0.717, 1.165) is 39.0 Å². The Bertz CT molecular complexity index is 818. The van der Waals surface area contributed by atoms with Gasteiger partial charge in [-0.3, -0.25) is 14.6 Å². The van der Waals surface area contributed by atoms with Crippen molar-refractivity contribution in [2.24, 2.45) is 5.92 Å². The van der Waals surface area contributed by atoms with E-state index in [0.29, 0.717) is 6.54 Å². The lowest BCUT2D eigenvalue weighted by atomic mass is 9.95. The van der Waals surface area contributed by atoms with Crippen molar-refractivity contribution in [3.8, 4) is 0 Å². The first kappa shape index (κ1) is 21.1. The number of carbonyl (C=O) groups excluding carboxylic acids is 1. The predicted octanol–water partition coefficient (Wildman–Crippen LogP) is 4.12. The van der Waals surface area contributed by atoms with Gasteiger partial charge in [-0.25, -0.2) is 0 Å². The maximum atomic E-state index is 12.6. The van der Waals surface area contributed by atoms with Gasteiger partial charge >= 0.3 is 0 Å². The summed E-state index contributed by atoms with van der Waals surface area (Å²) in [6, 6.07) is 17.5. The molecule has 4 heteroatoms. The molecule has 0 radical (unpaired) electrons. The van der Waals surface area contributed by atoms with Crippen LogP contribution in [0.1, 0.15) is 47.9 Å². The van der Waals surface area contributed by atoms with E-state index in [-0.39, 0.29) is 11.8 Å². The molecule has 1 N–H and O–H groups in total. The third kappa shape index (κ3) is 5.93. The van der Waals surface area contributed by atoms with E-state index in [2.05, 4.69) is 70.6 Å². The van der Waals surface area contributed by atoms with E-state index >= 15 is 0 Å². The molecular weight excluding hydrogens is 370 g/mol. The molecule has 30 heavy (non-hydrogen) atoms. The molecule has 2 aromatic carbocycles. The van der Waals surface area contributed by atoms with Gasteiger partial charge < -0.3 is 5.32 Å². The lowest BCUT2D eigenvalue weighted by molar-refractivity contribution is -0.126. The lowest BCUT2D eigenvalue weighted by Crippen LogP contribution is -2.40. The van der Waals surface area contributed by atoms with E-state index in [9.17, 15) is 4.79 Å². The highest BCUT2D eigenvalue weighted by Gasteiger charge is 2.24. The first-order valence-corrected chi connectivity index (χ1v) is 11.5. The Balaban J connectivity index is 1.18. The molecule has 0 saturated carbocycles. The SMILES string of the molecule is Cc1cccc(CN2CCC(C(=O)NCc3ccc(CN4CCCC4)cc3)CC2)c1. The Morgan fingerprint density at radius 3 is 2.20 bits per heavy atom. The predicted molar refractivity (Wildman–Crippen MR) is 122 cm³/mol. The molecule has 0 atom stereocenters. The Hall–Kier alpha value is -2.17. The molecular formula is C26H35N3O. The van der Waals surface area contributed by atoms with Crippen molar-refractivity contribution in [3.63, 3.8) is 0 Å². The number of nitrogens with one attached hydrogen (secondary N) is 1. The summed E-state index contributed by atoms with van der Waals surface area (Å²) in [5.41, 5.74) is 5.23. The van der Waals surface area contributed by atoms with Crippen molar-refractivity contribution in [3.05, 3.63) is 70.8 Å². The summed E-state index contributed by atoms with van der Waals surface area (Å²) in [6.45, 7) is 9.25. The minimum Gasteiger partial charge on any atom is -0.352 e. The van der Waals surface area contributed by atoms with Gasteiger partial charge in [-0.15, -0.1) is 0 Å². The van der Waals surface area contributed by atoms with E-state index in [4.69, 9.17) is 0 Å². The van der Waals surface area contributed by atoms with Gasteiger partial charge in [0.1, 0.15) is 0 Å². The van der Waals surface area contributed by atoms with Gasteiger partial charge in [-0.1, -0.05) is 54.1 Å². The fourth-order valence-electron chi connectivity index (χ4n) is 4.72. The molecule has 2 aromatic rings. The fourth-order valence-corrected chi connectivity index (χ4v) is 4.72. The van der Waals surface area contributed by atoms with Crippen LogP contribution in [0.4, 0.5) is 0 Å². The third-order valence-electron chi connectivity index (χ3n) is 6.54. The van der Waals surface area contributed by atoms with Gasteiger partial charge in [0.15, 0.2) is 0 Å². The first-order valence-electron chi connectivity index (χ1n) is 11.5. The molecule has 2 heterocycles. The molecule has 0 spiro atoms. The monoisotopic (exact) mass is 405 g/mol. The second-order valence-electron chi connectivity index (χ2n) is 9.06. The molecule has 2 saturated heterocycles. The van der Waals surface area contributed by atoms with Crippen molar-refractivity contribution in [1.29, 1.82) is 0 Å². The lowest BCUT2D eigenvalue weighted by Gasteiger charge is -2.31. The number of piperidine rings is 1. The molecule has 2 aliphatic heterocycles. The van der Waals surface area contributed by atoms with Crippen LogP contribution in [-0.4, -0.2) is 41.9 Å². The van der Waals surface area contributed by atoms with Gasteiger partial charge in [0.2, 0.25) is 5.91 Å². The molecule has 0 unspecified atom stereocenters. The van der Waals surface area contributed by atoms with Crippen LogP contribution in [0.2, 0.25) is 0 Å². The maximum absolute atomic E-state index is 12.6. The minimum absolute atomic E-state index is 0.146. The summed E-state index contributed by atoms with van der Waals surface area (Å²) in [4.78, 5) is 17.6. The van der Waals surface area contributed by atoms with Crippen LogP contribution in [0, 0.1) is 12.8 Å². The number of hydrogen-bond donors (Lipinski definition) is 1. The van der Waals surface area contributed by atoms with E-state index in [1.807, 2.05) is 0 Å². The van der Waals surface area contributed by atoms with E-state index < -0.39 is 0 Å². The van der Waals surface area contributed by atoms with Gasteiger partial charge in [0.05, 0.1) is 0 Å². The molecule has 1 amide bonds. The molecule has 0 aliphatic carbocycles. The van der Waals surface area contributed by atoms with Crippen molar-refractivity contribution in [2.75, 3.05) is 26.2 Å². The normalized spacial score (nSPS) is 18.6. The largest absolute Gasteiger partial charge is 0.352 e. The number of carbonyl (C=O) groups is 1. The zero-order chi connectivity index (χ0) is 20.8. The summed E-state index contributed by atoms with van der Waals surface area (Å²) in [5, 5.41) is 3.17. The van der Waals surface area contributed by atoms with Gasteiger partial charge in [0.25, 0.3) is 0 Å². The van der Waals surface area contributed by atoms with Crippen LogP contribution in [0.25, 0.3) is 0 Å². The molecule has 0 aromatic heterocycles. The van der Waals surface area contributed by atoms with Crippen LogP contribution in [-0.2, 0) is 24.4 Å². The smallest absolute Gasteiger partial charge is 0.223 e. The molecule has 2 aliphatic rings. The average Bonchev–Trinajstić information content (AvgIpc) is 3.27. The molecule has 4 nitrogen and oxygen atoms in total. The number of likely N-dealkylation sites (tertiary alicyclic amines) is 2. The van der Waals surface area contributed by atoms with Crippen LogP contribution in [0.3, 0.4) is 0 Å². The van der Waals surface area contributed by atoms with Crippen LogP contribution >= 0.6 is 0 Å². The molecule has 4 rings (SSSR count). The third-order valence-corrected chi connectivity index (χ3v) is 6.54. The van der Waals surface area contributed by atoms with E-state index in [1.54, 1.807) is 0 Å². The van der Waals surface area contributed by atoms with Crippen LogP contribution in [0.5, 0.6) is 0 Å². The Kier molecular flexibility index (Phi) is 7.19. The van der Waals surface area contributed by atoms with Crippen molar-refractivity contribution >= 4 is 5.91 Å². The van der Waals surface area contributed by atoms with E-state index in [1.165, 1.54) is 48.2 Å². The summed E-state index contributed by atoms with van der Waals surface area (Å²) >= 11 is 0. The summed E-state index contributed by atoms with van der Waals surface area (Å²) < 4.78 is 0. The number of rotatable bonds is 7. The highest BCUT2D eigenvalue weighted by Crippen LogP contribution is 2.20. The molecule has 160 valence electrons. The average molecular weight is 406 g/mol. The zero-order valence-electron chi connectivity index (χ0n) is 18.3. The van der Waals surface area contributed by atoms with Crippen LogP contribution < -0.4 is 5.32 Å². The van der Waals surface area contributed by atoms with Gasteiger partial charge in [-0.2, -0.15) is 0 Å². The quantitative estimate of drug-likeness (QED) is 0.753. The number of hydrogen-bond acceptors (Lipinski definition) is 3. The van der Waals surface area contributed by atoms with Gasteiger partial charge in [0, 0.05) is 25.6 Å². The summed E-state index contributed by atoms with van der Waals surface area (Å²) in [7, 11) is 0. The van der Waals surface area contributed by atoms with Crippen molar-refractivity contribution in [1.82, 2.24) is 15.1 Å². The maximum Gasteiger partial charge on any atom is 0.223 e. The fraction of sp³-hybridized carbons (Fsp3) is 0.500. The molecule has 0 bridgehead atoms. The van der Waals surface area contributed by atoms with Crippen LogP contribution in [0.15, 0.2) is 48.5 Å². The number of amides is 1.